The molecule has 1 atom stereocenters. The number of anilines is 1. The van der Waals surface area contributed by atoms with Gasteiger partial charge in [0, 0.05) is 11.4 Å². The lowest BCUT2D eigenvalue weighted by molar-refractivity contribution is -0.106. The van der Waals surface area contributed by atoms with Gasteiger partial charge in [0.15, 0.2) is 0 Å². The number of carbonyl (C=O) groups excluding carboxylic acids is 1. The summed E-state index contributed by atoms with van der Waals surface area (Å²) < 4.78 is 5.18. The molecule has 1 unspecified atom stereocenters. The molecule has 0 N–H and O–H groups in total. The fraction of sp³-hybridized carbons (Fsp3) is 0.176. The van der Waals surface area contributed by atoms with E-state index in [1.807, 2.05) is 24.3 Å². The summed E-state index contributed by atoms with van der Waals surface area (Å²) >= 11 is 17.9. The number of nitrogens with zero attached hydrogens (tertiary/aromatic N) is 2. The Morgan fingerprint density at radius 1 is 1.21 bits per heavy atom. The highest BCUT2D eigenvalue weighted by atomic mass is 35.5. The highest BCUT2D eigenvalue weighted by Crippen LogP contribution is 2.40. The summed E-state index contributed by atoms with van der Waals surface area (Å²) in [4.78, 5) is 11.6. The van der Waals surface area contributed by atoms with Crippen LogP contribution in [0.3, 0.4) is 0 Å². The third kappa shape index (κ3) is 3.36. The molecule has 0 aromatic heterocycles. The van der Waals surface area contributed by atoms with Gasteiger partial charge in [0.1, 0.15) is 11.5 Å². The van der Waals surface area contributed by atoms with Crippen molar-refractivity contribution in [3.63, 3.8) is 0 Å². The largest absolute Gasteiger partial charge is 0.497 e. The first-order valence-corrected chi connectivity index (χ1v) is 8.28. The first kappa shape index (κ1) is 17.1. The van der Waals surface area contributed by atoms with Crippen LogP contribution in [0.2, 0.25) is 10.0 Å². The van der Waals surface area contributed by atoms with Gasteiger partial charge in [0.25, 0.3) is 5.24 Å². The SMILES string of the molecule is COc1ccc(C2CC(C(=O)Cl)=NN2c2ccc(Cl)cc2Cl)cc1. The molecule has 24 heavy (non-hydrogen) atoms. The molecule has 7 heteroatoms. The third-order valence-corrected chi connectivity index (χ3v) is 4.55. The van der Waals surface area contributed by atoms with Crippen molar-refractivity contribution in [2.45, 2.75) is 12.5 Å². The Morgan fingerprint density at radius 2 is 1.92 bits per heavy atom. The van der Waals surface area contributed by atoms with Crippen LogP contribution in [-0.4, -0.2) is 18.1 Å². The molecular formula is C17H13Cl3N2O2. The van der Waals surface area contributed by atoms with Gasteiger partial charge in [0.05, 0.1) is 23.9 Å². The molecule has 2 aromatic rings. The molecule has 2 aromatic carbocycles. The number of benzene rings is 2. The van der Waals surface area contributed by atoms with Crippen LogP contribution in [0.5, 0.6) is 5.75 Å². The summed E-state index contributed by atoms with van der Waals surface area (Å²) in [6.45, 7) is 0. The fourth-order valence-corrected chi connectivity index (χ4v) is 3.21. The zero-order chi connectivity index (χ0) is 17.3. The maximum absolute atomic E-state index is 11.6. The van der Waals surface area contributed by atoms with E-state index in [2.05, 4.69) is 5.10 Å². The summed E-state index contributed by atoms with van der Waals surface area (Å²) in [5.74, 6) is 0.752. The second-order valence-corrected chi connectivity index (χ2v) is 6.44. The zero-order valence-electron chi connectivity index (χ0n) is 12.7. The molecule has 124 valence electrons. The summed E-state index contributed by atoms with van der Waals surface area (Å²) in [6, 6.07) is 12.5. The lowest BCUT2D eigenvalue weighted by Crippen LogP contribution is -2.18. The standard InChI is InChI=1S/C17H13Cl3N2O2/c1-24-12-5-2-10(3-6-12)16-9-14(17(20)23)21-22(16)15-7-4-11(18)8-13(15)19/h2-8,16H,9H2,1H3. The number of halogens is 3. The van der Waals surface area contributed by atoms with E-state index in [1.165, 1.54) is 0 Å². The van der Waals surface area contributed by atoms with Crippen LogP contribution in [0.25, 0.3) is 0 Å². The van der Waals surface area contributed by atoms with E-state index in [-0.39, 0.29) is 6.04 Å². The molecule has 1 heterocycles. The molecule has 0 aliphatic carbocycles. The van der Waals surface area contributed by atoms with E-state index in [9.17, 15) is 4.79 Å². The van der Waals surface area contributed by atoms with Gasteiger partial charge in [0.2, 0.25) is 0 Å². The molecule has 0 radical (unpaired) electrons. The lowest BCUT2D eigenvalue weighted by atomic mass is 10.0. The maximum Gasteiger partial charge on any atom is 0.268 e. The Labute approximate surface area is 154 Å². The van der Waals surface area contributed by atoms with Gasteiger partial charge in [-0.15, -0.1) is 0 Å². The molecule has 1 aliphatic heterocycles. The van der Waals surface area contributed by atoms with E-state index < -0.39 is 5.24 Å². The van der Waals surface area contributed by atoms with Gasteiger partial charge in [-0.3, -0.25) is 9.80 Å². The Balaban J connectivity index is 2.02. The smallest absolute Gasteiger partial charge is 0.268 e. The molecule has 0 bridgehead atoms. The van der Waals surface area contributed by atoms with Crippen LogP contribution in [0.15, 0.2) is 47.6 Å². The van der Waals surface area contributed by atoms with Crippen molar-refractivity contribution in [2.24, 2.45) is 5.10 Å². The Kier molecular flexibility index (Phi) is 4.99. The van der Waals surface area contributed by atoms with Crippen molar-refractivity contribution in [3.05, 3.63) is 58.1 Å². The molecule has 0 amide bonds. The van der Waals surface area contributed by atoms with E-state index in [0.717, 1.165) is 11.3 Å². The second kappa shape index (κ2) is 7.01. The lowest BCUT2D eigenvalue weighted by Gasteiger charge is -2.25. The van der Waals surface area contributed by atoms with E-state index in [1.54, 1.807) is 30.3 Å². The summed E-state index contributed by atoms with van der Waals surface area (Å²) in [5.41, 5.74) is 1.93. The minimum absolute atomic E-state index is 0.188. The minimum atomic E-state index is -0.568. The van der Waals surface area contributed by atoms with Crippen LogP contribution in [0.1, 0.15) is 18.0 Å². The average molecular weight is 384 g/mol. The topological polar surface area (TPSA) is 41.9 Å². The van der Waals surface area contributed by atoms with Crippen molar-refractivity contribution >= 4 is 51.4 Å². The quantitative estimate of drug-likeness (QED) is 0.692. The summed E-state index contributed by atoms with van der Waals surface area (Å²) in [6.07, 6.45) is 0.396. The normalized spacial score (nSPS) is 16.9. The molecule has 3 rings (SSSR count). The fourth-order valence-electron chi connectivity index (χ4n) is 2.60. The van der Waals surface area contributed by atoms with Crippen LogP contribution in [0, 0.1) is 0 Å². The molecular weight excluding hydrogens is 371 g/mol. The Morgan fingerprint density at radius 3 is 2.50 bits per heavy atom. The summed E-state index contributed by atoms with van der Waals surface area (Å²) in [7, 11) is 1.61. The number of rotatable bonds is 4. The van der Waals surface area contributed by atoms with Crippen LogP contribution < -0.4 is 9.75 Å². The van der Waals surface area contributed by atoms with Gasteiger partial charge >= 0.3 is 0 Å². The predicted octanol–water partition coefficient (Wildman–Crippen LogP) is 5.07. The van der Waals surface area contributed by atoms with Crippen molar-refractivity contribution in [2.75, 3.05) is 12.1 Å². The molecule has 0 fully saturated rings. The minimum Gasteiger partial charge on any atom is -0.497 e. The number of hydrogen-bond donors (Lipinski definition) is 0. The number of ether oxygens (including phenoxy) is 1. The van der Waals surface area contributed by atoms with Gasteiger partial charge in [-0.1, -0.05) is 35.3 Å². The van der Waals surface area contributed by atoms with Gasteiger partial charge < -0.3 is 4.74 Å². The number of hydrogen-bond acceptors (Lipinski definition) is 4. The van der Waals surface area contributed by atoms with Crippen LogP contribution in [0.4, 0.5) is 5.69 Å². The Bertz CT molecular complexity index is 806. The van der Waals surface area contributed by atoms with E-state index in [4.69, 9.17) is 39.5 Å². The van der Waals surface area contributed by atoms with Gasteiger partial charge in [-0.05, 0) is 47.5 Å². The van der Waals surface area contributed by atoms with E-state index in [0.29, 0.717) is 27.9 Å². The zero-order valence-corrected chi connectivity index (χ0v) is 14.9. The first-order chi connectivity index (χ1) is 11.5. The first-order valence-electron chi connectivity index (χ1n) is 7.15. The predicted molar refractivity (Wildman–Crippen MR) is 97.6 cm³/mol. The highest BCUT2D eigenvalue weighted by molar-refractivity contribution is 6.82. The maximum atomic E-state index is 11.6. The van der Waals surface area contributed by atoms with Crippen molar-refractivity contribution < 1.29 is 9.53 Å². The van der Waals surface area contributed by atoms with Crippen LogP contribution in [-0.2, 0) is 4.79 Å². The van der Waals surface area contributed by atoms with Crippen molar-refractivity contribution in [1.82, 2.24) is 0 Å². The molecule has 0 spiro atoms. The molecule has 4 nitrogen and oxygen atoms in total. The van der Waals surface area contributed by atoms with Gasteiger partial charge in [-0.2, -0.15) is 5.10 Å². The number of methoxy groups -OCH3 is 1. The monoisotopic (exact) mass is 382 g/mol. The van der Waals surface area contributed by atoms with Crippen LogP contribution >= 0.6 is 34.8 Å². The second-order valence-electron chi connectivity index (χ2n) is 5.25. The Hall–Kier alpha value is -1.75. The van der Waals surface area contributed by atoms with E-state index >= 15 is 0 Å². The number of hydrazone groups is 1. The molecule has 0 saturated carbocycles. The van der Waals surface area contributed by atoms with Gasteiger partial charge in [-0.25, -0.2) is 0 Å². The third-order valence-electron chi connectivity index (χ3n) is 3.79. The number of carbonyl (C=O) groups is 1. The molecule has 0 saturated heterocycles. The van der Waals surface area contributed by atoms with Crippen molar-refractivity contribution in [1.29, 1.82) is 0 Å². The summed E-state index contributed by atoms with van der Waals surface area (Å²) in [5, 5.41) is 6.48. The van der Waals surface area contributed by atoms with Crippen molar-refractivity contribution in [3.8, 4) is 5.75 Å². The highest BCUT2D eigenvalue weighted by Gasteiger charge is 2.32. The molecule has 1 aliphatic rings. The average Bonchev–Trinajstić information content (AvgIpc) is 3.00.